The predicted octanol–water partition coefficient (Wildman–Crippen LogP) is 5.90. The molecule has 170 valence electrons. The Morgan fingerprint density at radius 1 is 1.06 bits per heavy atom. The molecule has 1 aliphatic heterocycles. The quantitative estimate of drug-likeness (QED) is 0.588. The van der Waals surface area contributed by atoms with E-state index in [-0.39, 0.29) is 29.1 Å². The average Bonchev–Trinajstić information content (AvgIpc) is 2.99. The van der Waals surface area contributed by atoms with Crippen molar-refractivity contribution in [3.8, 4) is 5.75 Å². The Labute approximate surface area is 190 Å². The van der Waals surface area contributed by atoms with E-state index in [0.29, 0.717) is 18.0 Å². The summed E-state index contributed by atoms with van der Waals surface area (Å²) in [6, 6.07) is 14.4. The molecule has 5 heteroatoms. The molecule has 1 amide bonds. The second-order valence-electron chi connectivity index (χ2n) is 9.66. The summed E-state index contributed by atoms with van der Waals surface area (Å²) in [6.45, 7) is 12.8. The monoisotopic (exact) mass is 435 g/mol. The van der Waals surface area contributed by atoms with Crippen LogP contribution in [0.3, 0.4) is 0 Å². The van der Waals surface area contributed by atoms with Crippen LogP contribution >= 0.6 is 0 Å². The van der Waals surface area contributed by atoms with E-state index in [1.54, 1.807) is 24.3 Å². The summed E-state index contributed by atoms with van der Waals surface area (Å²) in [5.41, 5.74) is 2.69. The van der Waals surface area contributed by atoms with Gasteiger partial charge in [0.05, 0.1) is 18.2 Å². The number of ether oxygens (including phenoxy) is 1. The van der Waals surface area contributed by atoms with Crippen LogP contribution < -0.4 is 9.64 Å². The Morgan fingerprint density at radius 2 is 1.66 bits per heavy atom. The van der Waals surface area contributed by atoms with Gasteiger partial charge in [0.2, 0.25) is 0 Å². The summed E-state index contributed by atoms with van der Waals surface area (Å²) >= 11 is 0. The van der Waals surface area contributed by atoms with Crippen LogP contribution in [-0.2, 0) is 15.0 Å². The molecule has 1 atom stereocenters. The molecule has 5 nitrogen and oxygen atoms in total. The molecule has 2 aromatic rings. The summed E-state index contributed by atoms with van der Waals surface area (Å²) in [4.78, 5) is 27.8. The lowest BCUT2D eigenvalue weighted by atomic mass is 9.85. The van der Waals surface area contributed by atoms with Gasteiger partial charge in [-0.05, 0) is 53.6 Å². The third kappa shape index (κ3) is 4.72. The minimum Gasteiger partial charge on any atom is -0.503 e. The van der Waals surface area contributed by atoms with Gasteiger partial charge in [0.15, 0.2) is 11.5 Å². The summed E-state index contributed by atoms with van der Waals surface area (Å²) in [7, 11) is 0. The zero-order valence-electron chi connectivity index (χ0n) is 19.8. The molecule has 1 heterocycles. The number of carbonyl (C=O) groups excluding carboxylic acids is 2. The van der Waals surface area contributed by atoms with Gasteiger partial charge in [-0.15, -0.1) is 0 Å². The van der Waals surface area contributed by atoms with Gasteiger partial charge < -0.3 is 9.84 Å². The molecule has 0 radical (unpaired) electrons. The molecule has 2 aromatic carbocycles. The Morgan fingerprint density at radius 3 is 2.16 bits per heavy atom. The molecular formula is C27H33NO4. The molecule has 1 aliphatic rings. The van der Waals surface area contributed by atoms with Crippen LogP contribution in [0.1, 0.15) is 65.1 Å². The van der Waals surface area contributed by atoms with Gasteiger partial charge >= 0.3 is 0 Å². The summed E-state index contributed by atoms with van der Waals surface area (Å²) in [5, 5.41) is 10.8. The first-order valence-corrected chi connectivity index (χ1v) is 11.2. The van der Waals surface area contributed by atoms with Crippen molar-refractivity contribution >= 4 is 17.4 Å². The molecule has 1 N–H and O–H groups in total. The van der Waals surface area contributed by atoms with Gasteiger partial charge in [-0.3, -0.25) is 14.5 Å². The first kappa shape index (κ1) is 23.6. The maximum atomic E-state index is 13.2. The van der Waals surface area contributed by atoms with Gasteiger partial charge in [-0.25, -0.2) is 0 Å². The van der Waals surface area contributed by atoms with Crippen LogP contribution in [0.2, 0.25) is 0 Å². The average molecular weight is 436 g/mol. The highest BCUT2D eigenvalue weighted by molar-refractivity contribution is 6.16. The van der Waals surface area contributed by atoms with E-state index in [2.05, 4.69) is 20.8 Å². The van der Waals surface area contributed by atoms with Crippen molar-refractivity contribution in [3.63, 3.8) is 0 Å². The van der Waals surface area contributed by atoms with Crippen LogP contribution in [-0.4, -0.2) is 23.4 Å². The lowest BCUT2D eigenvalue weighted by molar-refractivity contribution is -0.118. The van der Waals surface area contributed by atoms with E-state index in [1.165, 1.54) is 4.90 Å². The topological polar surface area (TPSA) is 66.8 Å². The Balaban J connectivity index is 2.09. The number of aliphatic hydroxyl groups is 1. The number of nitrogens with zero attached hydrogens (tertiary/aromatic N) is 1. The van der Waals surface area contributed by atoms with E-state index >= 15 is 0 Å². The number of ketones is 1. The number of anilines is 1. The van der Waals surface area contributed by atoms with Gasteiger partial charge in [-0.1, -0.05) is 58.9 Å². The molecule has 0 saturated carbocycles. The van der Waals surface area contributed by atoms with Crippen LogP contribution in [0.4, 0.5) is 5.69 Å². The number of rotatable bonds is 7. The van der Waals surface area contributed by atoms with Gasteiger partial charge in [0, 0.05) is 12.1 Å². The minimum absolute atomic E-state index is 0.0207. The number of carbonyl (C=O) groups is 2. The maximum Gasteiger partial charge on any atom is 0.294 e. The number of hydrogen-bond donors (Lipinski definition) is 1. The van der Waals surface area contributed by atoms with E-state index < -0.39 is 17.7 Å². The van der Waals surface area contributed by atoms with Crippen LogP contribution in [0.15, 0.2) is 59.9 Å². The lowest BCUT2D eigenvalue weighted by Gasteiger charge is -2.28. The number of aliphatic hydroxyl groups excluding tert-OH is 1. The Hall–Kier alpha value is -3.08. The minimum atomic E-state index is -0.680. The molecular weight excluding hydrogens is 402 g/mol. The highest BCUT2D eigenvalue weighted by Crippen LogP contribution is 2.42. The van der Waals surface area contributed by atoms with Crippen molar-refractivity contribution in [2.45, 2.75) is 59.4 Å². The predicted molar refractivity (Wildman–Crippen MR) is 127 cm³/mol. The number of benzene rings is 2. The maximum absolute atomic E-state index is 13.2. The van der Waals surface area contributed by atoms with E-state index in [1.807, 2.05) is 45.0 Å². The van der Waals surface area contributed by atoms with Gasteiger partial charge in [-0.2, -0.15) is 0 Å². The molecule has 0 bridgehead atoms. The molecule has 0 spiro atoms. The highest BCUT2D eigenvalue weighted by Gasteiger charge is 2.44. The molecule has 0 aliphatic carbocycles. The van der Waals surface area contributed by atoms with Crippen LogP contribution in [0.25, 0.3) is 0 Å². The third-order valence-corrected chi connectivity index (χ3v) is 5.62. The Kier molecular flexibility index (Phi) is 6.77. The SMILES string of the molecule is CCOc1ccc(N2C(=O)C(O)=C(C(=O)CC(C)C)C2c2ccc(C(C)(C)C)cc2)cc1. The van der Waals surface area contributed by atoms with E-state index in [4.69, 9.17) is 4.74 Å². The van der Waals surface area contributed by atoms with Crippen molar-refractivity contribution in [1.82, 2.24) is 0 Å². The molecule has 0 fully saturated rings. The van der Waals surface area contributed by atoms with Crippen LogP contribution in [0.5, 0.6) is 5.75 Å². The first-order valence-electron chi connectivity index (χ1n) is 11.2. The number of Topliss-reactive ketones (excluding diaryl/α,β-unsaturated/α-hetero) is 1. The highest BCUT2D eigenvalue weighted by atomic mass is 16.5. The molecule has 0 saturated heterocycles. The summed E-state index contributed by atoms with van der Waals surface area (Å²) in [6.07, 6.45) is 0.264. The van der Waals surface area contributed by atoms with Crippen molar-refractivity contribution in [2.75, 3.05) is 11.5 Å². The summed E-state index contributed by atoms with van der Waals surface area (Å²) in [5.74, 6) is -0.423. The zero-order chi connectivity index (χ0) is 23.6. The molecule has 1 unspecified atom stereocenters. The van der Waals surface area contributed by atoms with E-state index in [9.17, 15) is 14.7 Å². The van der Waals surface area contributed by atoms with Crippen molar-refractivity contribution in [2.24, 2.45) is 5.92 Å². The van der Waals surface area contributed by atoms with Crippen LogP contribution in [0, 0.1) is 5.92 Å². The van der Waals surface area contributed by atoms with Crippen molar-refractivity contribution < 1.29 is 19.4 Å². The number of hydrogen-bond acceptors (Lipinski definition) is 4. The largest absolute Gasteiger partial charge is 0.503 e. The fourth-order valence-corrected chi connectivity index (χ4v) is 3.99. The van der Waals surface area contributed by atoms with Crippen molar-refractivity contribution in [3.05, 3.63) is 71.0 Å². The first-order chi connectivity index (χ1) is 15.0. The van der Waals surface area contributed by atoms with Crippen molar-refractivity contribution in [1.29, 1.82) is 0 Å². The van der Waals surface area contributed by atoms with Gasteiger partial charge in [0.25, 0.3) is 5.91 Å². The number of amides is 1. The second-order valence-corrected chi connectivity index (χ2v) is 9.66. The molecule has 32 heavy (non-hydrogen) atoms. The molecule has 3 rings (SSSR count). The zero-order valence-corrected chi connectivity index (χ0v) is 19.8. The standard InChI is InChI=1S/C27H33NO4/c1-7-32-21-14-12-20(13-15-21)28-24(18-8-10-19(11-9-18)27(4,5)6)23(25(30)26(28)31)22(29)16-17(2)3/h8-15,17,24,30H,7,16H2,1-6H3. The summed E-state index contributed by atoms with van der Waals surface area (Å²) < 4.78 is 5.51. The second kappa shape index (κ2) is 9.19. The Bertz CT molecular complexity index is 1010. The van der Waals surface area contributed by atoms with Gasteiger partial charge in [0.1, 0.15) is 5.75 Å². The van der Waals surface area contributed by atoms with E-state index in [0.717, 1.165) is 11.1 Å². The lowest BCUT2D eigenvalue weighted by Crippen LogP contribution is -2.31. The fourth-order valence-electron chi connectivity index (χ4n) is 3.99. The fraction of sp³-hybridized carbons (Fsp3) is 0.407. The third-order valence-electron chi connectivity index (χ3n) is 5.62. The normalized spacial score (nSPS) is 16.8. The smallest absolute Gasteiger partial charge is 0.294 e. The molecule has 0 aromatic heterocycles.